The van der Waals surface area contributed by atoms with Gasteiger partial charge in [0.25, 0.3) is 5.91 Å². The highest BCUT2D eigenvalue weighted by Gasteiger charge is 2.36. The molecule has 3 aromatic rings. The van der Waals surface area contributed by atoms with Crippen molar-refractivity contribution in [2.45, 2.75) is 31.8 Å². The van der Waals surface area contributed by atoms with E-state index in [1.807, 2.05) is 0 Å². The summed E-state index contributed by atoms with van der Waals surface area (Å²) in [4.78, 5) is 41.2. The molecule has 1 aliphatic heterocycles. The van der Waals surface area contributed by atoms with Crippen molar-refractivity contribution < 1.29 is 41.8 Å². The standard InChI is InChI=1S/C25H20F3N3O6/c26-25(27,28)37-16-7-5-15(6-8-16)23-30-12-17(36-23)9-4-14-2-1-3-18-19(14)13-31(24(18)35)20(22(29)34)10-11-21(32)33/h1-9,12,20H,10-11,13H2,(H2,29,34)(H,32,33)/b9-4-. The number of ether oxygens (including phenoxy) is 1. The Balaban J connectivity index is 1.50. The lowest BCUT2D eigenvalue weighted by atomic mass is 10.0. The minimum atomic E-state index is -4.79. The second-order valence-corrected chi connectivity index (χ2v) is 8.13. The molecule has 37 heavy (non-hydrogen) atoms. The molecule has 9 nitrogen and oxygen atoms in total. The van der Waals surface area contributed by atoms with Gasteiger partial charge in [-0.3, -0.25) is 14.4 Å². The highest BCUT2D eigenvalue weighted by molar-refractivity contribution is 6.02. The maximum atomic E-state index is 12.9. The van der Waals surface area contributed by atoms with E-state index in [-0.39, 0.29) is 31.0 Å². The van der Waals surface area contributed by atoms with Gasteiger partial charge in [0.2, 0.25) is 11.8 Å². The van der Waals surface area contributed by atoms with E-state index in [1.165, 1.54) is 23.2 Å². The molecule has 2 aromatic carbocycles. The van der Waals surface area contributed by atoms with Gasteiger partial charge in [0.15, 0.2) is 0 Å². The number of fused-ring (bicyclic) bond motifs is 1. The monoisotopic (exact) mass is 515 g/mol. The number of alkyl halides is 3. The number of benzene rings is 2. The zero-order valence-corrected chi connectivity index (χ0v) is 19.1. The van der Waals surface area contributed by atoms with Gasteiger partial charge in [-0.15, -0.1) is 13.2 Å². The fraction of sp³-hybridized carbons (Fsp3) is 0.200. The Morgan fingerprint density at radius 3 is 2.57 bits per heavy atom. The number of rotatable bonds is 9. The molecule has 3 N–H and O–H groups in total. The van der Waals surface area contributed by atoms with Crippen molar-refractivity contribution >= 4 is 29.9 Å². The van der Waals surface area contributed by atoms with Gasteiger partial charge in [-0.1, -0.05) is 18.2 Å². The fourth-order valence-corrected chi connectivity index (χ4v) is 3.97. The van der Waals surface area contributed by atoms with Crippen LogP contribution in [0.25, 0.3) is 23.6 Å². The number of nitrogens with zero attached hydrogens (tertiary/aromatic N) is 2. The lowest BCUT2D eigenvalue weighted by Crippen LogP contribution is -2.45. The van der Waals surface area contributed by atoms with Gasteiger partial charge in [-0.2, -0.15) is 0 Å². The van der Waals surface area contributed by atoms with E-state index < -0.39 is 30.2 Å². The number of halogens is 3. The molecule has 0 fully saturated rings. The minimum absolute atomic E-state index is 0.0793. The molecule has 0 spiro atoms. The molecule has 192 valence electrons. The van der Waals surface area contributed by atoms with Crippen LogP contribution in [0.2, 0.25) is 0 Å². The molecular weight excluding hydrogens is 495 g/mol. The topological polar surface area (TPSA) is 136 Å². The summed E-state index contributed by atoms with van der Waals surface area (Å²) >= 11 is 0. The first kappa shape index (κ1) is 25.5. The minimum Gasteiger partial charge on any atom is -0.481 e. The Bertz CT molecular complexity index is 1360. The average Bonchev–Trinajstić information content (AvgIpc) is 3.42. The number of carboxylic acids is 1. The Morgan fingerprint density at radius 1 is 1.19 bits per heavy atom. The van der Waals surface area contributed by atoms with Crippen molar-refractivity contribution in [2.24, 2.45) is 5.73 Å². The van der Waals surface area contributed by atoms with Gasteiger partial charge in [-0.25, -0.2) is 4.98 Å². The van der Waals surface area contributed by atoms with E-state index in [4.69, 9.17) is 15.3 Å². The molecule has 1 aliphatic rings. The number of nitrogens with two attached hydrogens (primary N) is 1. The maximum Gasteiger partial charge on any atom is 0.573 e. The molecule has 1 atom stereocenters. The van der Waals surface area contributed by atoms with Crippen molar-refractivity contribution in [2.75, 3.05) is 0 Å². The van der Waals surface area contributed by atoms with Crippen molar-refractivity contribution in [3.63, 3.8) is 0 Å². The van der Waals surface area contributed by atoms with Gasteiger partial charge in [0.05, 0.1) is 6.20 Å². The van der Waals surface area contributed by atoms with Gasteiger partial charge in [0.1, 0.15) is 17.6 Å². The van der Waals surface area contributed by atoms with Crippen LogP contribution >= 0.6 is 0 Å². The van der Waals surface area contributed by atoms with E-state index in [2.05, 4.69) is 9.72 Å². The quantitative estimate of drug-likeness (QED) is 0.438. The van der Waals surface area contributed by atoms with Crippen molar-refractivity contribution in [1.29, 1.82) is 0 Å². The van der Waals surface area contributed by atoms with E-state index in [9.17, 15) is 27.6 Å². The second kappa shape index (κ2) is 10.2. The molecule has 0 saturated heterocycles. The predicted octanol–water partition coefficient (Wildman–Crippen LogP) is 4.09. The summed E-state index contributed by atoms with van der Waals surface area (Å²) in [6.07, 6.45) is -0.471. The van der Waals surface area contributed by atoms with Crippen LogP contribution in [0, 0.1) is 0 Å². The van der Waals surface area contributed by atoms with Crippen LogP contribution in [0.3, 0.4) is 0 Å². The number of hydrogen-bond acceptors (Lipinski definition) is 6. The first-order valence-electron chi connectivity index (χ1n) is 11.0. The molecule has 0 saturated carbocycles. The summed E-state index contributed by atoms with van der Waals surface area (Å²) in [5.74, 6) is -2.14. The average molecular weight is 515 g/mol. The van der Waals surface area contributed by atoms with Crippen molar-refractivity contribution in [1.82, 2.24) is 9.88 Å². The van der Waals surface area contributed by atoms with Crippen LogP contribution < -0.4 is 10.5 Å². The first-order valence-corrected chi connectivity index (χ1v) is 11.0. The highest BCUT2D eigenvalue weighted by Crippen LogP contribution is 2.31. The van der Waals surface area contributed by atoms with Crippen molar-refractivity contribution in [3.8, 4) is 17.2 Å². The lowest BCUT2D eigenvalue weighted by Gasteiger charge is -2.24. The number of primary amides is 1. The predicted molar refractivity (Wildman–Crippen MR) is 124 cm³/mol. The molecule has 2 amide bonds. The molecule has 4 rings (SSSR count). The Kier molecular flexibility index (Phi) is 7.00. The molecule has 1 unspecified atom stereocenters. The van der Waals surface area contributed by atoms with E-state index in [0.717, 1.165) is 12.1 Å². The molecule has 0 aliphatic carbocycles. The molecule has 12 heteroatoms. The SMILES string of the molecule is NC(=O)C(CCC(=O)O)N1Cc2c(/C=C\c3cnc(-c4ccc(OC(F)(F)F)cc4)o3)cccc2C1=O. The molecule has 0 radical (unpaired) electrons. The molecular formula is C25H20F3N3O6. The number of aromatic nitrogens is 1. The van der Waals surface area contributed by atoms with Gasteiger partial charge < -0.3 is 24.9 Å². The number of carbonyl (C=O) groups is 3. The molecule has 1 aromatic heterocycles. The number of oxazole rings is 1. The van der Waals surface area contributed by atoms with E-state index in [1.54, 1.807) is 30.4 Å². The van der Waals surface area contributed by atoms with Gasteiger partial charge >= 0.3 is 12.3 Å². The van der Waals surface area contributed by atoms with Crippen LogP contribution in [0.4, 0.5) is 13.2 Å². The van der Waals surface area contributed by atoms with Crippen LogP contribution in [0.5, 0.6) is 5.75 Å². The summed E-state index contributed by atoms with van der Waals surface area (Å²) in [7, 11) is 0. The number of carbonyl (C=O) groups excluding carboxylic acids is 2. The van der Waals surface area contributed by atoms with E-state index >= 15 is 0 Å². The third-order valence-electron chi connectivity index (χ3n) is 5.65. The summed E-state index contributed by atoms with van der Waals surface area (Å²) in [6, 6.07) is 9.05. The third kappa shape index (κ3) is 5.97. The van der Waals surface area contributed by atoms with Crippen LogP contribution in [-0.4, -0.2) is 45.2 Å². The van der Waals surface area contributed by atoms with Gasteiger partial charge in [-0.05, 0) is 54.0 Å². The number of carboxylic acid groups (broad SMARTS) is 1. The highest BCUT2D eigenvalue weighted by atomic mass is 19.4. The zero-order chi connectivity index (χ0) is 26.7. The van der Waals surface area contributed by atoms with Crippen LogP contribution in [-0.2, 0) is 16.1 Å². The summed E-state index contributed by atoms with van der Waals surface area (Å²) in [5.41, 5.74) is 7.57. The molecule has 2 heterocycles. The number of amides is 2. The zero-order valence-electron chi connectivity index (χ0n) is 19.1. The van der Waals surface area contributed by atoms with E-state index in [0.29, 0.717) is 28.0 Å². The number of aliphatic carboxylic acids is 1. The summed E-state index contributed by atoms with van der Waals surface area (Å²) in [5, 5.41) is 8.95. The Morgan fingerprint density at radius 2 is 1.92 bits per heavy atom. The number of hydrogen-bond donors (Lipinski definition) is 2. The smallest absolute Gasteiger partial charge is 0.481 e. The second-order valence-electron chi connectivity index (χ2n) is 8.13. The fourth-order valence-electron chi connectivity index (χ4n) is 3.97. The Labute approximate surface area is 208 Å². The first-order chi connectivity index (χ1) is 17.5. The maximum absolute atomic E-state index is 12.9. The normalized spacial score (nSPS) is 14.1. The third-order valence-corrected chi connectivity index (χ3v) is 5.65. The lowest BCUT2D eigenvalue weighted by molar-refractivity contribution is -0.274. The van der Waals surface area contributed by atoms with Crippen molar-refractivity contribution in [3.05, 3.63) is 71.1 Å². The summed E-state index contributed by atoms with van der Waals surface area (Å²) in [6.45, 7) is 0.0793. The Hall–Kier alpha value is -4.61. The van der Waals surface area contributed by atoms with Crippen LogP contribution in [0.1, 0.15) is 40.1 Å². The van der Waals surface area contributed by atoms with Crippen LogP contribution in [0.15, 0.2) is 53.1 Å². The largest absolute Gasteiger partial charge is 0.573 e. The molecule has 0 bridgehead atoms. The summed E-state index contributed by atoms with van der Waals surface area (Å²) < 4.78 is 46.5. The van der Waals surface area contributed by atoms with Gasteiger partial charge in [0, 0.05) is 24.1 Å².